The summed E-state index contributed by atoms with van der Waals surface area (Å²) in [5.74, 6) is -0.336. The quantitative estimate of drug-likeness (QED) is 0.824. The number of carboxylic acid groups (broad SMARTS) is 1. The van der Waals surface area contributed by atoms with E-state index in [2.05, 4.69) is 5.32 Å². The summed E-state index contributed by atoms with van der Waals surface area (Å²) in [6.07, 6.45) is 3.77. The molecule has 1 spiro atoms. The molecule has 0 radical (unpaired) electrons. The second kappa shape index (κ2) is 4.97. The van der Waals surface area contributed by atoms with E-state index in [0.29, 0.717) is 19.5 Å². The van der Waals surface area contributed by atoms with E-state index in [1.54, 1.807) is 0 Å². The molecule has 3 rings (SSSR count). The average molecular weight is 294 g/mol. The van der Waals surface area contributed by atoms with E-state index in [1.807, 2.05) is 18.7 Å². The Morgan fingerprint density at radius 2 is 1.90 bits per heavy atom. The molecule has 2 heterocycles. The Balaban J connectivity index is 1.67. The van der Waals surface area contributed by atoms with Crippen molar-refractivity contribution in [3.63, 3.8) is 0 Å². The van der Waals surface area contributed by atoms with Crippen LogP contribution in [-0.2, 0) is 9.59 Å². The molecule has 3 aliphatic rings. The Labute approximate surface area is 126 Å². The monoisotopic (exact) mass is 294 g/mol. The minimum absolute atomic E-state index is 0.0554. The first-order valence-corrected chi connectivity index (χ1v) is 8.14. The first-order chi connectivity index (χ1) is 9.91. The molecule has 3 fully saturated rings. The van der Waals surface area contributed by atoms with Gasteiger partial charge in [-0.1, -0.05) is 13.8 Å². The van der Waals surface area contributed by atoms with Crippen molar-refractivity contribution in [1.29, 1.82) is 0 Å². The van der Waals surface area contributed by atoms with Crippen LogP contribution in [-0.4, -0.2) is 48.1 Å². The maximum Gasteiger partial charge on any atom is 0.311 e. The third-order valence-corrected chi connectivity index (χ3v) is 6.23. The summed E-state index contributed by atoms with van der Waals surface area (Å²) in [4.78, 5) is 26.2. The molecule has 5 nitrogen and oxygen atoms in total. The van der Waals surface area contributed by atoms with Crippen molar-refractivity contribution in [3.05, 3.63) is 0 Å². The number of hydrogen-bond acceptors (Lipinski definition) is 3. The zero-order valence-electron chi connectivity index (χ0n) is 13.0. The SMILES string of the molecule is CC(C)C1(C(=O)O)CCN(C(=O)C2CC23CCNCC3)C1. The van der Waals surface area contributed by atoms with Gasteiger partial charge in [-0.25, -0.2) is 0 Å². The van der Waals surface area contributed by atoms with Gasteiger partial charge in [0.2, 0.25) is 5.91 Å². The molecule has 2 saturated heterocycles. The topological polar surface area (TPSA) is 69.6 Å². The summed E-state index contributed by atoms with van der Waals surface area (Å²) >= 11 is 0. The Kier molecular flexibility index (Phi) is 3.51. The number of carbonyl (C=O) groups excluding carboxylic acids is 1. The van der Waals surface area contributed by atoms with Crippen LogP contribution in [0.25, 0.3) is 0 Å². The number of rotatable bonds is 3. The van der Waals surface area contributed by atoms with E-state index in [4.69, 9.17) is 0 Å². The van der Waals surface area contributed by atoms with E-state index in [0.717, 1.165) is 32.4 Å². The zero-order valence-corrected chi connectivity index (χ0v) is 13.0. The molecular weight excluding hydrogens is 268 g/mol. The van der Waals surface area contributed by atoms with Crippen LogP contribution in [0.5, 0.6) is 0 Å². The van der Waals surface area contributed by atoms with Gasteiger partial charge in [-0.05, 0) is 50.1 Å². The number of amides is 1. The number of likely N-dealkylation sites (tertiary alicyclic amines) is 1. The van der Waals surface area contributed by atoms with Crippen molar-refractivity contribution in [2.24, 2.45) is 22.7 Å². The molecule has 0 aromatic heterocycles. The Bertz CT molecular complexity index is 456. The molecule has 2 N–H and O–H groups in total. The molecule has 1 saturated carbocycles. The molecule has 2 atom stereocenters. The summed E-state index contributed by atoms with van der Waals surface area (Å²) in [7, 11) is 0. The van der Waals surface area contributed by atoms with Gasteiger partial charge in [0, 0.05) is 19.0 Å². The van der Waals surface area contributed by atoms with Crippen molar-refractivity contribution in [2.45, 2.75) is 39.5 Å². The highest BCUT2D eigenvalue weighted by Crippen LogP contribution is 2.59. The number of carboxylic acids is 1. The molecule has 2 aliphatic heterocycles. The standard InChI is InChI=1S/C16H26N2O3/c1-11(2)16(14(20)21)5-8-18(10-16)13(19)12-9-15(12)3-6-17-7-4-15/h11-12,17H,3-10H2,1-2H3,(H,20,21). The van der Waals surface area contributed by atoms with Gasteiger partial charge in [0.25, 0.3) is 0 Å². The number of aliphatic carboxylic acids is 1. The number of hydrogen-bond donors (Lipinski definition) is 2. The zero-order chi connectivity index (χ0) is 15.3. The number of carbonyl (C=O) groups is 2. The molecule has 5 heteroatoms. The molecule has 118 valence electrons. The van der Waals surface area contributed by atoms with Gasteiger partial charge in [-0.15, -0.1) is 0 Å². The molecule has 1 amide bonds. The smallest absolute Gasteiger partial charge is 0.311 e. The second-order valence-electron chi connectivity index (χ2n) is 7.49. The molecule has 0 aromatic carbocycles. The molecule has 2 unspecified atom stereocenters. The lowest BCUT2D eigenvalue weighted by molar-refractivity contribution is -0.151. The van der Waals surface area contributed by atoms with Crippen LogP contribution < -0.4 is 5.32 Å². The van der Waals surface area contributed by atoms with Gasteiger partial charge in [0.15, 0.2) is 0 Å². The maximum absolute atomic E-state index is 12.7. The van der Waals surface area contributed by atoms with Gasteiger partial charge < -0.3 is 15.3 Å². The Hall–Kier alpha value is -1.10. The van der Waals surface area contributed by atoms with E-state index in [1.165, 1.54) is 0 Å². The van der Waals surface area contributed by atoms with Crippen molar-refractivity contribution in [2.75, 3.05) is 26.2 Å². The lowest BCUT2D eigenvalue weighted by Crippen LogP contribution is -2.41. The predicted octanol–water partition coefficient (Wildman–Crippen LogP) is 1.34. The second-order valence-corrected chi connectivity index (χ2v) is 7.49. The summed E-state index contributed by atoms with van der Waals surface area (Å²) in [6, 6.07) is 0. The fourth-order valence-corrected chi connectivity index (χ4v) is 4.31. The Morgan fingerprint density at radius 1 is 1.24 bits per heavy atom. The molecule has 0 bridgehead atoms. The predicted molar refractivity (Wildman–Crippen MR) is 78.7 cm³/mol. The summed E-state index contributed by atoms with van der Waals surface area (Å²) in [5, 5.41) is 12.9. The largest absolute Gasteiger partial charge is 0.481 e. The van der Waals surface area contributed by atoms with E-state index in [9.17, 15) is 14.7 Å². The van der Waals surface area contributed by atoms with Crippen molar-refractivity contribution in [1.82, 2.24) is 10.2 Å². The van der Waals surface area contributed by atoms with Gasteiger partial charge in [0.05, 0.1) is 5.41 Å². The lowest BCUT2D eigenvalue weighted by atomic mass is 9.76. The van der Waals surface area contributed by atoms with E-state index in [-0.39, 0.29) is 23.2 Å². The fourth-order valence-electron chi connectivity index (χ4n) is 4.31. The number of nitrogens with one attached hydrogen (secondary N) is 1. The van der Waals surface area contributed by atoms with Gasteiger partial charge >= 0.3 is 5.97 Å². The van der Waals surface area contributed by atoms with Crippen LogP contribution in [0.1, 0.15) is 39.5 Å². The molecular formula is C16H26N2O3. The highest BCUT2D eigenvalue weighted by molar-refractivity contribution is 5.85. The van der Waals surface area contributed by atoms with Crippen LogP contribution in [0.3, 0.4) is 0 Å². The number of piperidine rings is 1. The fraction of sp³-hybridized carbons (Fsp3) is 0.875. The summed E-state index contributed by atoms with van der Waals surface area (Å²) < 4.78 is 0. The first-order valence-electron chi connectivity index (χ1n) is 8.14. The molecule has 0 aromatic rings. The molecule has 21 heavy (non-hydrogen) atoms. The van der Waals surface area contributed by atoms with Crippen LogP contribution in [0.15, 0.2) is 0 Å². The molecule has 1 aliphatic carbocycles. The van der Waals surface area contributed by atoms with Crippen LogP contribution in [0.2, 0.25) is 0 Å². The minimum Gasteiger partial charge on any atom is -0.481 e. The maximum atomic E-state index is 12.7. The lowest BCUT2D eigenvalue weighted by Gasteiger charge is -2.29. The van der Waals surface area contributed by atoms with Crippen molar-refractivity contribution in [3.8, 4) is 0 Å². The van der Waals surface area contributed by atoms with E-state index < -0.39 is 11.4 Å². The van der Waals surface area contributed by atoms with Crippen LogP contribution >= 0.6 is 0 Å². The van der Waals surface area contributed by atoms with Gasteiger partial charge in [-0.3, -0.25) is 9.59 Å². The van der Waals surface area contributed by atoms with Crippen LogP contribution in [0, 0.1) is 22.7 Å². The van der Waals surface area contributed by atoms with Crippen molar-refractivity contribution < 1.29 is 14.7 Å². The number of nitrogens with zero attached hydrogens (tertiary/aromatic N) is 1. The first kappa shape index (κ1) is 14.8. The highest BCUT2D eigenvalue weighted by atomic mass is 16.4. The summed E-state index contributed by atoms with van der Waals surface area (Å²) in [6.45, 7) is 6.92. The van der Waals surface area contributed by atoms with Crippen molar-refractivity contribution >= 4 is 11.9 Å². The van der Waals surface area contributed by atoms with Crippen LogP contribution in [0.4, 0.5) is 0 Å². The van der Waals surface area contributed by atoms with Gasteiger partial charge in [0.1, 0.15) is 0 Å². The normalized spacial score (nSPS) is 34.4. The average Bonchev–Trinajstić information content (AvgIpc) is 2.95. The highest BCUT2D eigenvalue weighted by Gasteiger charge is 2.60. The third-order valence-electron chi connectivity index (χ3n) is 6.23. The Morgan fingerprint density at radius 3 is 2.43 bits per heavy atom. The third kappa shape index (κ3) is 2.26. The van der Waals surface area contributed by atoms with Gasteiger partial charge in [-0.2, -0.15) is 0 Å². The summed E-state index contributed by atoms with van der Waals surface area (Å²) in [5.41, 5.74) is -0.513. The minimum atomic E-state index is -0.750. The van der Waals surface area contributed by atoms with E-state index >= 15 is 0 Å².